The van der Waals surface area contributed by atoms with Crippen molar-refractivity contribution in [2.75, 3.05) is 37.7 Å². The Hall–Kier alpha value is -2.90. The molecule has 24 heavy (non-hydrogen) atoms. The molecule has 2 aromatic heterocycles. The van der Waals surface area contributed by atoms with Crippen LogP contribution >= 0.6 is 0 Å². The van der Waals surface area contributed by atoms with E-state index in [1.54, 1.807) is 23.2 Å². The Kier molecular flexibility index (Phi) is 4.74. The lowest BCUT2D eigenvalue weighted by atomic mass is 10.2. The van der Waals surface area contributed by atoms with Crippen molar-refractivity contribution in [2.24, 2.45) is 0 Å². The quantitative estimate of drug-likeness (QED) is 0.892. The van der Waals surface area contributed by atoms with Crippen LogP contribution in [0.3, 0.4) is 0 Å². The molecule has 8 nitrogen and oxygen atoms in total. The average molecular weight is 329 g/mol. The Balaban J connectivity index is 1.64. The number of hydrogen-bond acceptors (Lipinski definition) is 7. The number of amides is 1. The molecule has 2 aromatic rings. The molecule has 0 saturated carbocycles. The molecule has 3 heterocycles. The van der Waals surface area contributed by atoms with Crippen LogP contribution in [0.4, 0.5) is 5.95 Å². The first kappa shape index (κ1) is 16.0. The zero-order valence-electron chi connectivity index (χ0n) is 13.4. The number of rotatable bonds is 4. The van der Waals surface area contributed by atoms with E-state index in [1.165, 1.54) is 12.3 Å². The predicted octanol–water partition coefficient (Wildman–Crippen LogP) is 0.938. The van der Waals surface area contributed by atoms with Crippen molar-refractivity contribution >= 4 is 11.9 Å². The van der Waals surface area contributed by atoms with E-state index in [-0.39, 0.29) is 17.4 Å². The topological polar surface area (TPSA) is 91.7 Å². The van der Waals surface area contributed by atoms with Gasteiger partial charge < -0.3 is 19.6 Å². The monoisotopic (exact) mass is 329 g/mol. The standard InChI is InChI=1S/C16H19N5O3/c1-2-24-13-5-7-18-16(19-13)21-10-8-20(9-11-21)15(23)14-12(22)4-3-6-17-14/h3-7,22H,2,8-11H2,1H3. The molecular formula is C16H19N5O3. The Bertz CT molecular complexity index is 716. The second-order valence-corrected chi connectivity index (χ2v) is 5.28. The molecule has 1 N–H and O–H groups in total. The van der Waals surface area contributed by atoms with Gasteiger partial charge in [-0.2, -0.15) is 4.98 Å². The molecule has 126 valence electrons. The fourth-order valence-corrected chi connectivity index (χ4v) is 2.53. The second-order valence-electron chi connectivity index (χ2n) is 5.28. The lowest BCUT2D eigenvalue weighted by molar-refractivity contribution is 0.0737. The molecule has 0 unspecified atom stereocenters. The number of piperazine rings is 1. The molecule has 1 aliphatic rings. The van der Waals surface area contributed by atoms with Crippen LogP contribution in [0.2, 0.25) is 0 Å². The summed E-state index contributed by atoms with van der Waals surface area (Å²) >= 11 is 0. The Labute approximate surface area is 139 Å². The molecule has 1 fully saturated rings. The SMILES string of the molecule is CCOc1ccnc(N2CCN(C(=O)c3ncccc3O)CC2)n1. The molecule has 0 aromatic carbocycles. The number of carbonyl (C=O) groups is 1. The zero-order chi connectivity index (χ0) is 16.9. The minimum Gasteiger partial charge on any atom is -0.505 e. The fraction of sp³-hybridized carbons (Fsp3) is 0.375. The summed E-state index contributed by atoms with van der Waals surface area (Å²) in [6.07, 6.45) is 3.16. The largest absolute Gasteiger partial charge is 0.505 e. The summed E-state index contributed by atoms with van der Waals surface area (Å²) in [5, 5.41) is 9.77. The number of ether oxygens (including phenoxy) is 1. The number of anilines is 1. The maximum absolute atomic E-state index is 12.4. The van der Waals surface area contributed by atoms with Crippen LogP contribution in [-0.4, -0.2) is 63.7 Å². The van der Waals surface area contributed by atoms with Crippen molar-refractivity contribution in [3.8, 4) is 11.6 Å². The van der Waals surface area contributed by atoms with Gasteiger partial charge in [-0.05, 0) is 19.1 Å². The number of hydrogen-bond donors (Lipinski definition) is 1. The third-order valence-electron chi connectivity index (χ3n) is 3.75. The summed E-state index contributed by atoms with van der Waals surface area (Å²) in [7, 11) is 0. The Morgan fingerprint density at radius 1 is 1.21 bits per heavy atom. The number of nitrogens with zero attached hydrogens (tertiary/aromatic N) is 5. The molecule has 0 radical (unpaired) electrons. The highest BCUT2D eigenvalue weighted by molar-refractivity contribution is 5.94. The van der Waals surface area contributed by atoms with Crippen LogP contribution < -0.4 is 9.64 Å². The fourth-order valence-electron chi connectivity index (χ4n) is 2.53. The lowest BCUT2D eigenvalue weighted by Gasteiger charge is -2.34. The van der Waals surface area contributed by atoms with Crippen molar-refractivity contribution < 1.29 is 14.6 Å². The van der Waals surface area contributed by atoms with Gasteiger partial charge in [-0.1, -0.05) is 0 Å². The smallest absolute Gasteiger partial charge is 0.276 e. The predicted molar refractivity (Wildman–Crippen MR) is 87.2 cm³/mol. The summed E-state index contributed by atoms with van der Waals surface area (Å²) in [5.41, 5.74) is 0.0838. The number of carbonyl (C=O) groups excluding carboxylic acids is 1. The van der Waals surface area contributed by atoms with Gasteiger partial charge in [0, 0.05) is 44.6 Å². The molecule has 1 amide bonds. The van der Waals surface area contributed by atoms with Crippen molar-refractivity contribution in [3.63, 3.8) is 0 Å². The van der Waals surface area contributed by atoms with Crippen LogP contribution in [0.15, 0.2) is 30.6 Å². The number of aromatic nitrogens is 3. The first-order chi connectivity index (χ1) is 11.7. The van der Waals surface area contributed by atoms with Crippen LogP contribution in [0.5, 0.6) is 11.6 Å². The van der Waals surface area contributed by atoms with Crippen molar-refractivity contribution in [1.82, 2.24) is 19.9 Å². The number of aromatic hydroxyl groups is 1. The summed E-state index contributed by atoms with van der Waals surface area (Å²) in [6, 6.07) is 4.77. The van der Waals surface area contributed by atoms with Gasteiger partial charge in [0.1, 0.15) is 5.75 Å². The minimum atomic E-state index is -0.267. The van der Waals surface area contributed by atoms with E-state index >= 15 is 0 Å². The highest BCUT2D eigenvalue weighted by Gasteiger charge is 2.25. The number of pyridine rings is 1. The summed E-state index contributed by atoms with van der Waals surface area (Å²) in [6.45, 7) is 4.68. The zero-order valence-corrected chi connectivity index (χ0v) is 13.4. The molecule has 3 rings (SSSR count). The van der Waals surface area contributed by atoms with Gasteiger partial charge in [0.05, 0.1) is 6.61 Å². The second kappa shape index (κ2) is 7.12. The van der Waals surface area contributed by atoms with Crippen LogP contribution in [-0.2, 0) is 0 Å². The van der Waals surface area contributed by atoms with Gasteiger partial charge in [-0.3, -0.25) is 4.79 Å². The van der Waals surface area contributed by atoms with Crippen molar-refractivity contribution in [1.29, 1.82) is 0 Å². The molecule has 8 heteroatoms. The van der Waals surface area contributed by atoms with E-state index in [4.69, 9.17) is 4.74 Å². The molecule has 0 atom stereocenters. The van der Waals surface area contributed by atoms with E-state index in [0.717, 1.165) is 0 Å². The highest BCUT2D eigenvalue weighted by Crippen LogP contribution is 2.18. The van der Waals surface area contributed by atoms with E-state index < -0.39 is 0 Å². The molecule has 0 spiro atoms. The normalized spacial score (nSPS) is 14.5. The Morgan fingerprint density at radius 2 is 2.00 bits per heavy atom. The highest BCUT2D eigenvalue weighted by atomic mass is 16.5. The van der Waals surface area contributed by atoms with E-state index in [1.807, 2.05) is 11.8 Å². The average Bonchev–Trinajstić information content (AvgIpc) is 2.62. The first-order valence-corrected chi connectivity index (χ1v) is 7.83. The summed E-state index contributed by atoms with van der Waals surface area (Å²) < 4.78 is 5.39. The van der Waals surface area contributed by atoms with E-state index in [0.29, 0.717) is 44.6 Å². The minimum absolute atomic E-state index is 0.0838. The van der Waals surface area contributed by atoms with E-state index in [2.05, 4.69) is 15.0 Å². The van der Waals surface area contributed by atoms with Gasteiger partial charge in [0.2, 0.25) is 11.8 Å². The summed E-state index contributed by atoms with van der Waals surface area (Å²) in [4.78, 5) is 28.7. The maximum atomic E-state index is 12.4. The third kappa shape index (κ3) is 3.37. The lowest BCUT2D eigenvalue weighted by Crippen LogP contribution is -2.49. The van der Waals surface area contributed by atoms with Crippen LogP contribution in [0.1, 0.15) is 17.4 Å². The van der Waals surface area contributed by atoms with Crippen LogP contribution in [0.25, 0.3) is 0 Å². The Morgan fingerprint density at radius 3 is 2.71 bits per heavy atom. The van der Waals surface area contributed by atoms with Gasteiger partial charge in [0.25, 0.3) is 5.91 Å². The van der Waals surface area contributed by atoms with Crippen LogP contribution in [0, 0.1) is 0 Å². The third-order valence-corrected chi connectivity index (χ3v) is 3.75. The van der Waals surface area contributed by atoms with Crippen molar-refractivity contribution in [3.05, 3.63) is 36.3 Å². The summed E-state index contributed by atoms with van der Waals surface area (Å²) in [5.74, 6) is 0.766. The molecule has 0 aliphatic carbocycles. The van der Waals surface area contributed by atoms with Crippen molar-refractivity contribution in [2.45, 2.75) is 6.92 Å². The first-order valence-electron chi connectivity index (χ1n) is 7.83. The van der Waals surface area contributed by atoms with Gasteiger partial charge in [-0.25, -0.2) is 9.97 Å². The molecule has 1 aliphatic heterocycles. The molecule has 0 bridgehead atoms. The van der Waals surface area contributed by atoms with Gasteiger partial charge >= 0.3 is 0 Å². The maximum Gasteiger partial charge on any atom is 0.276 e. The van der Waals surface area contributed by atoms with Gasteiger partial charge in [0.15, 0.2) is 5.69 Å². The van der Waals surface area contributed by atoms with Gasteiger partial charge in [-0.15, -0.1) is 0 Å². The molecular weight excluding hydrogens is 310 g/mol. The van der Waals surface area contributed by atoms with E-state index in [9.17, 15) is 9.90 Å². The molecule has 1 saturated heterocycles.